The highest BCUT2D eigenvalue weighted by Crippen LogP contribution is 2.23. The maximum atomic E-state index is 13.9. The van der Waals surface area contributed by atoms with Crippen molar-refractivity contribution in [2.75, 3.05) is 13.6 Å². The quantitative estimate of drug-likeness (QED) is 0.701. The van der Waals surface area contributed by atoms with Crippen molar-refractivity contribution in [2.24, 2.45) is 0 Å². The average molecular weight is 392 g/mol. The summed E-state index contributed by atoms with van der Waals surface area (Å²) in [5.41, 5.74) is -0.893. The Morgan fingerprint density at radius 3 is 2.79 bits per heavy atom. The molecule has 0 saturated carbocycles. The van der Waals surface area contributed by atoms with Crippen molar-refractivity contribution in [3.8, 4) is 0 Å². The van der Waals surface area contributed by atoms with E-state index < -0.39 is 23.1 Å². The Labute approximate surface area is 160 Å². The molecule has 0 spiro atoms. The fourth-order valence-electron chi connectivity index (χ4n) is 3.13. The van der Waals surface area contributed by atoms with E-state index >= 15 is 0 Å². The minimum Gasteiger partial charge on any atom is -0.358 e. The molecule has 2 atom stereocenters. The molecule has 3 N–H and O–H groups in total. The van der Waals surface area contributed by atoms with Gasteiger partial charge >= 0.3 is 0 Å². The lowest BCUT2D eigenvalue weighted by atomic mass is 10.0. The molecule has 3 rings (SSSR count). The maximum absolute atomic E-state index is 13.9. The second-order valence-electron chi connectivity index (χ2n) is 7.23. The van der Waals surface area contributed by atoms with Crippen molar-refractivity contribution in [3.63, 3.8) is 0 Å². The molecule has 1 saturated heterocycles. The number of hydrogen-bond donors (Lipinski definition) is 3. The molecule has 2 amide bonds. The summed E-state index contributed by atoms with van der Waals surface area (Å²) in [6.45, 7) is 3.94. The molecule has 1 aromatic heterocycles. The van der Waals surface area contributed by atoms with Crippen LogP contribution in [0.4, 0.5) is 8.78 Å². The van der Waals surface area contributed by atoms with Crippen molar-refractivity contribution < 1.29 is 18.4 Å². The topological polar surface area (TPSA) is 101 Å². The second-order valence-corrected chi connectivity index (χ2v) is 7.23. The standard InChI is InChI=1S/C18H22F2N6O2/c1-18(2,23-16(27)11-5-4-6-12(19)15(11)20)14-9-26(25-24-14)10-7-13(22-8-10)17(28)21-3/h4-6,9-10,13,22H,7-8H2,1-3H3,(H,21,28)(H,23,27)/t10-,13-/m0/s1. The molecular weight excluding hydrogens is 370 g/mol. The number of halogens is 2. The summed E-state index contributed by atoms with van der Waals surface area (Å²) in [6, 6.07) is 3.07. The zero-order valence-corrected chi connectivity index (χ0v) is 15.8. The number of nitrogens with zero attached hydrogens (tertiary/aromatic N) is 3. The normalized spacial score (nSPS) is 19.5. The van der Waals surface area contributed by atoms with Crippen LogP contribution in [0.1, 0.15) is 42.4 Å². The lowest BCUT2D eigenvalue weighted by Crippen LogP contribution is -2.41. The van der Waals surface area contributed by atoms with Crippen LogP contribution in [-0.4, -0.2) is 46.4 Å². The fourth-order valence-corrected chi connectivity index (χ4v) is 3.13. The highest BCUT2D eigenvalue weighted by molar-refractivity contribution is 5.95. The van der Waals surface area contributed by atoms with Crippen LogP contribution < -0.4 is 16.0 Å². The first-order valence-corrected chi connectivity index (χ1v) is 8.86. The minimum absolute atomic E-state index is 0.0595. The van der Waals surface area contributed by atoms with Crippen LogP contribution in [0.5, 0.6) is 0 Å². The van der Waals surface area contributed by atoms with E-state index in [9.17, 15) is 18.4 Å². The molecule has 1 fully saturated rings. The number of carbonyl (C=O) groups is 2. The molecule has 10 heteroatoms. The van der Waals surface area contributed by atoms with E-state index in [-0.39, 0.29) is 23.6 Å². The van der Waals surface area contributed by atoms with Gasteiger partial charge in [-0.2, -0.15) is 0 Å². The number of nitrogens with one attached hydrogen (secondary N) is 3. The Kier molecular flexibility index (Phi) is 5.41. The number of carbonyl (C=O) groups excluding carboxylic acids is 2. The monoisotopic (exact) mass is 392 g/mol. The van der Waals surface area contributed by atoms with Crippen LogP contribution >= 0.6 is 0 Å². The van der Waals surface area contributed by atoms with Crippen LogP contribution in [-0.2, 0) is 10.3 Å². The minimum atomic E-state index is -1.20. The van der Waals surface area contributed by atoms with Gasteiger partial charge in [0.1, 0.15) is 5.69 Å². The Morgan fingerprint density at radius 1 is 1.32 bits per heavy atom. The van der Waals surface area contributed by atoms with E-state index in [0.29, 0.717) is 18.7 Å². The van der Waals surface area contributed by atoms with Gasteiger partial charge in [0.25, 0.3) is 5.91 Å². The number of benzene rings is 1. The zero-order valence-electron chi connectivity index (χ0n) is 15.8. The molecule has 1 aliphatic rings. The Balaban J connectivity index is 1.72. The molecule has 150 valence electrons. The van der Waals surface area contributed by atoms with Gasteiger partial charge in [-0.1, -0.05) is 11.3 Å². The molecule has 0 unspecified atom stereocenters. The molecular formula is C18H22F2N6O2. The number of aromatic nitrogens is 3. The molecule has 0 bridgehead atoms. The van der Waals surface area contributed by atoms with Gasteiger partial charge in [-0.3, -0.25) is 9.59 Å². The molecule has 2 heterocycles. The summed E-state index contributed by atoms with van der Waals surface area (Å²) < 4.78 is 28.9. The van der Waals surface area contributed by atoms with Gasteiger partial charge in [0, 0.05) is 13.6 Å². The third-order valence-electron chi connectivity index (χ3n) is 4.82. The largest absolute Gasteiger partial charge is 0.358 e. The van der Waals surface area contributed by atoms with Crippen molar-refractivity contribution in [1.29, 1.82) is 0 Å². The maximum Gasteiger partial charge on any atom is 0.255 e. The van der Waals surface area contributed by atoms with Gasteiger partial charge in [-0.05, 0) is 32.4 Å². The van der Waals surface area contributed by atoms with Gasteiger partial charge in [0.05, 0.1) is 29.4 Å². The zero-order chi connectivity index (χ0) is 20.5. The van der Waals surface area contributed by atoms with Crippen molar-refractivity contribution in [2.45, 2.75) is 37.9 Å². The predicted molar refractivity (Wildman–Crippen MR) is 96.4 cm³/mol. The molecule has 0 aliphatic carbocycles. The van der Waals surface area contributed by atoms with Crippen molar-refractivity contribution in [3.05, 3.63) is 47.3 Å². The van der Waals surface area contributed by atoms with Crippen LogP contribution in [0.15, 0.2) is 24.4 Å². The van der Waals surface area contributed by atoms with E-state index in [1.54, 1.807) is 31.8 Å². The van der Waals surface area contributed by atoms with Gasteiger partial charge in [0.2, 0.25) is 5.91 Å². The van der Waals surface area contributed by atoms with E-state index in [0.717, 1.165) is 6.07 Å². The first-order valence-electron chi connectivity index (χ1n) is 8.86. The van der Waals surface area contributed by atoms with E-state index in [1.807, 2.05) is 0 Å². The van der Waals surface area contributed by atoms with Crippen LogP contribution in [0.2, 0.25) is 0 Å². The molecule has 0 radical (unpaired) electrons. The number of amides is 2. The summed E-state index contributed by atoms with van der Waals surface area (Å²) in [4.78, 5) is 24.1. The highest BCUT2D eigenvalue weighted by atomic mass is 19.2. The summed E-state index contributed by atoms with van der Waals surface area (Å²) >= 11 is 0. The average Bonchev–Trinajstić information content (AvgIpc) is 3.32. The van der Waals surface area contributed by atoms with Gasteiger partial charge in [-0.15, -0.1) is 5.10 Å². The third-order valence-corrected chi connectivity index (χ3v) is 4.82. The molecule has 1 aromatic carbocycles. The van der Waals surface area contributed by atoms with Crippen LogP contribution in [0.25, 0.3) is 0 Å². The van der Waals surface area contributed by atoms with Crippen LogP contribution in [0, 0.1) is 11.6 Å². The molecule has 2 aromatic rings. The summed E-state index contributed by atoms with van der Waals surface area (Å²) in [5, 5.41) is 16.6. The van der Waals surface area contributed by atoms with E-state index in [2.05, 4.69) is 26.3 Å². The SMILES string of the molecule is CNC(=O)[C@@H]1C[C@H](n2cc(C(C)(C)NC(=O)c3cccc(F)c3F)nn2)CN1. The summed E-state index contributed by atoms with van der Waals surface area (Å²) in [6.07, 6.45) is 2.24. The molecule has 8 nitrogen and oxygen atoms in total. The number of hydrogen-bond acceptors (Lipinski definition) is 5. The molecule has 28 heavy (non-hydrogen) atoms. The van der Waals surface area contributed by atoms with Crippen LogP contribution in [0.3, 0.4) is 0 Å². The summed E-state index contributed by atoms with van der Waals surface area (Å²) in [5.74, 6) is -3.13. The number of rotatable bonds is 5. The first kappa shape index (κ1) is 19.9. The van der Waals surface area contributed by atoms with Gasteiger partial charge in [0.15, 0.2) is 11.6 Å². The number of likely N-dealkylation sites (N-methyl/N-ethyl adjacent to an activating group) is 1. The lowest BCUT2D eigenvalue weighted by Gasteiger charge is -2.24. The predicted octanol–water partition coefficient (Wildman–Crippen LogP) is 0.870. The Hall–Kier alpha value is -2.88. The van der Waals surface area contributed by atoms with E-state index in [1.165, 1.54) is 12.1 Å². The van der Waals surface area contributed by atoms with Crippen molar-refractivity contribution in [1.82, 2.24) is 30.9 Å². The highest BCUT2D eigenvalue weighted by Gasteiger charge is 2.33. The third kappa shape index (κ3) is 3.86. The molecule has 1 aliphatic heterocycles. The smallest absolute Gasteiger partial charge is 0.255 e. The lowest BCUT2D eigenvalue weighted by molar-refractivity contribution is -0.122. The Morgan fingerprint density at radius 2 is 2.07 bits per heavy atom. The first-order chi connectivity index (χ1) is 13.2. The second kappa shape index (κ2) is 7.63. The van der Waals surface area contributed by atoms with Gasteiger partial charge in [-0.25, -0.2) is 13.5 Å². The van der Waals surface area contributed by atoms with Gasteiger partial charge < -0.3 is 16.0 Å². The fraction of sp³-hybridized carbons (Fsp3) is 0.444. The van der Waals surface area contributed by atoms with Crippen molar-refractivity contribution >= 4 is 11.8 Å². The summed E-state index contributed by atoms with van der Waals surface area (Å²) in [7, 11) is 1.58. The Bertz CT molecular complexity index is 898. The van der Waals surface area contributed by atoms with E-state index in [4.69, 9.17) is 0 Å².